The fourth-order valence-electron chi connectivity index (χ4n) is 1.32. The van der Waals surface area contributed by atoms with Gasteiger partial charge < -0.3 is 15.2 Å². The van der Waals surface area contributed by atoms with Crippen molar-refractivity contribution in [1.82, 2.24) is 5.32 Å². The first-order chi connectivity index (χ1) is 9.68. The van der Waals surface area contributed by atoms with Crippen LogP contribution < -0.4 is 10.1 Å². The van der Waals surface area contributed by atoms with E-state index >= 15 is 0 Å². The third kappa shape index (κ3) is 6.88. The quantitative estimate of drug-likeness (QED) is 0.833. The molecule has 0 spiro atoms. The van der Waals surface area contributed by atoms with Crippen LogP contribution in [-0.2, 0) is 4.79 Å². The maximum absolute atomic E-state index is 12.0. The summed E-state index contributed by atoms with van der Waals surface area (Å²) >= 11 is 11.5. The molecular weight excluding hydrogens is 334 g/mol. The van der Waals surface area contributed by atoms with Crippen LogP contribution in [0.25, 0.3) is 0 Å². The van der Waals surface area contributed by atoms with Crippen LogP contribution in [0, 0.1) is 0 Å². The highest BCUT2D eigenvalue weighted by molar-refractivity contribution is 6.34. The zero-order chi connectivity index (χ0) is 16.0. The normalized spacial score (nSPS) is 12.9. The van der Waals surface area contributed by atoms with Crippen molar-refractivity contribution in [2.75, 3.05) is 13.2 Å². The number of carbonyl (C=O) groups is 1. The van der Waals surface area contributed by atoms with Gasteiger partial charge in [0.2, 0.25) is 0 Å². The maximum atomic E-state index is 12.0. The summed E-state index contributed by atoms with van der Waals surface area (Å²) in [5, 5.41) is 11.6. The summed E-state index contributed by atoms with van der Waals surface area (Å²) in [6, 6.07) is 4.36. The van der Waals surface area contributed by atoms with E-state index in [1.165, 1.54) is 18.2 Å². The van der Waals surface area contributed by atoms with E-state index in [0.717, 1.165) is 0 Å². The molecule has 0 aliphatic rings. The van der Waals surface area contributed by atoms with Crippen LogP contribution >= 0.6 is 23.2 Å². The number of aliphatic hydroxyl groups is 1. The van der Waals surface area contributed by atoms with E-state index in [9.17, 15) is 18.0 Å². The van der Waals surface area contributed by atoms with Crippen LogP contribution in [0.1, 0.15) is 6.42 Å². The van der Waals surface area contributed by atoms with E-state index in [2.05, 4.69) is 5.32 Å². The molecule has 0 aliphatic heterocycles. The molecule has 1 atom stereocenters. The monoisotopic (exact) mass is 345 g/mol. The lowest BCUT2D eigenvalue weighted by atomic mass is 10.2. The molecular formula is C12H12Cl2F3NO3. The molecule has 21 heavy (non-hydrogen) atoms. The number of benzene rings is 1. The van der Waals surface area contributed by atoms with Crippen LogP contribution in [0.15, 0.2) is 18.2 Å². The summed E-state index contributed by atoms with van der Waals surface area (Å²) in [4.78, 5) is 11.4. The third-order valence-corrected chi connectivity index (χ3v) is 2.76. The first-order valence-electron chi connectivity index (χ1n) is 5.79. The van der Waals surface area contributed by atoms with Gasteiger partial charge in [-0.25, -0.2) is 0 Å². The molecule has 1 amide bonds. The average Bonchev–Trinajstić information content (AvgIpc) is 2.34. The molecule has 4 nitrogen and oxygen atoms in total. The fourth-order valence-corrected chi connectivity index (χ4v) is 1.83. The van der Waals surface area contributed by atoms with Gasteiger partial charge in [0, 0.05) is 16.6 Å². The zero-order valence-electron chi connectivity index (χ0n) is 10.6. The van der Waals surface area contributed by atoms with Crippen LogP contribution in [0.4, 0.5) is 13.2 Å². The minimum atomic E-state index is -4.70. The molecule has 1 aromatic carbocycles. The van der Waals surface area contributed by atoms with Crippen molar-refractivity contribution in [2.45, 2.75) is 18.7 Å². The van der Waals surface area contributed by atoms with E-state index in [-0.39, 0.29) is 12.3 Å². The Hall–Kier alpha value is -1.18. The van der Waals surface area contributed by atoms with Crippen molar-refractivity contribution in [3.8, 4) is 5.75 Å². The number of rotatable bonds is 6. The second kappa shape index (κ2) is 7.72. The number of aliphatic hydroxyl groups excluding tert-OH is 1. The highest BCUT2D eigenvalue weighted by Gasteiger charge is 2.37. The van der Waals surface area contributed by atoms with Gasteiger partial charge in [0.15, 0.2) is 12.7 Å². The van der Waals surface area contributed by atoms with Crippen LogP contribution in [0.5, 0.6) is 5.75 Å². The Morgan fingerprint density at radius 1 is 1.29 bits per heavy atom. The van der Waals surface area contributed by atoms with Gasteiger partial charge in [0.1, 0.15) is 5.75 Å². The van der Waals surface area contributed by atoms with Gasteiger partial charge in [0.25, 0.3) is 5.91 Å². The molecule has 0 aliphatic carbocycles. The second-order valence-electron chi connectivity index (χ2n) is 4.09. The number of ether oxygens (including phenoxy) is 1. The van der Waals surface area contributed by atoms with E-state index in [0.29, 0.717) is 10.0 Å². The molecule has 1 aromatic rings. The molecule has 0 radical (unpaired) electrons. The Morgan fingerprint density at radius 2 is 1.86 bits per heavy atom. The molecule has 9 heteroatoms. The number of amides is 1. The number of nitrogens with one attached hydrogen (secondary N) is 1. The highest BCUT2D eigenvalue weighted by atomic mass is 35.5. The fraction of sp³-hybridized carbons (Fsp3) is 0.417. The molecule has 0 saturated heterocycles. The smallest absolute Gasteiger partial charge is 0.414 e. The average molecular weight is 346 g/mol. The number of hydrogen-bond donors (Lipinski definition) is 2. The van der Waals surface area contributed by atoms with Gasteiger partial charge in [-0.15, -0.1) is 0 Å². The Labute approximate surface area is 128 Å². The summed E-state index contributed by atoms with van der Waals surface area (Å²) in [6.07, 6.45) is -7.79. The number of halogens is 5. The molecule has 0 unspecified atom stereocenters. The SMILES string of the molecule is O=C(COc1cc(Cl)cc(Cl)c1)NCC[C@H](O)C(F)(F)F. The maximum Gasteiger partial charge on any atom is 0.414 e. The summed E-state index contributed by atoms with van der Waals surface area (Å²) in [5.74, 6) is -0.363. The van der Waals surface area contributed by atoms with E-state index in [4.69, 9.17) is 33.0 Å². The number of carbonyl (C=O) groups excluding carboxylic acids is 1. The lowest BCUT2D eigenvalue weighted by Gasteiger charge is -2.14. The first-order valence-corrected chi connectivity index (χ1v) is 6.54. The van der Waals surface area contributed by atoms with Gasteiger partial charge in [-0.05, 0) is 24.6 Å². The zero-order valence-corrected chi connectivity index (χ0v) is 12.1. The van der Waals surface area contributed by atoms with Gasteiger partial charge >= 0.3 is 6.18 Å². The predicted octanol–water partition coefficient (Wildman–Crippen LogP) is 2.80. The lowest BCUT2D eigenvalue weighted by molar-refractivity contribution is -0.205. The van der Waals surface area contributed by atoms with E-state index in [1.54, 1.807) is 0 Å². The molecule has 2 N–H and O–H groups in total. The van der Waals surface area contributed by atoms with Gasteiger partial charge in [0.05, 0.1) is 0 Å². The van der Waals surface area contributed by atoms with Crippen LogP contribution in [0.2, 0.25) is 10.0 Å². The minimum Gasteiger partial charge on any atom is -0.484 e. The lowest BCUT2D eigenvalue weighted by Crippen LogP contribution is -2.35. The van der Waals surface area contributed by atoms with Crippen molar-refractivity contribution in [3.05, 3.63) is 28.2 Å². The van der Waals surface area contributed by atoms with Gasteiger partial charge in [-0.1, -0.05) is 23.2 Å². The molecule has 0 heterocycles. The Balaban J connectivity index is 2.31. The van der Waals surface area contributed by atoms with Crippen molar-refractivity contribution in [1.29, 1.82) is 0 Å². The van der Waals surface area contributed by atoms with Crippen LogP contribution in [-0.4, -0.2) is 36.4 Å². The predicted molar refractivity (Wildman–Crippen MR) is 71.6 cm³/mol. The number of alkyl halides is 3. The summed E-state index contributed by atoms with van der Waals surface area (Å²) < 4.78 is 41.1. The second-order valence-corrected chi connectivity index (χ2v) is 4.96. The summed E-state index contributed by atoms with van der Waals surface area (Å²) in [5.41, 5.74) is 0. The van der Waals surface area contributed by atoms with Crippen LogP contribution in [0.3, 0.4) is 0 Å². The Morgan fingerprint density at radius 3 is 2.38 bits per heavy atom. The highest BCUT2D eigenvalue weighted by Crippen LogP contribution is 2.24. The topological polar surface area (TPSA) is 58.6 Å². The Kier molecular flexibility index (Phi) is 6.57. The van der Waals surface area contributed by atoms with Crippen molar-refractivity contribution in [2.24, 2.45) is 0 Å². The van der Waals surface area contributed by atoms with Crippen molar-refractivity contribution >= 4 is 29.1 Å². The molecule has 0 bridgehead atoms. The first kappa shape index (κ1) is 17.9. The van der Waals surface area contributed by atoms with E-state index < -0.39 is 31.2 Å². The third-order valence-electron chi connectivity index (χ3n) is 2.32. The molecule has 0 aromatic heterocycles. The minimum absolute atomic E-state index is 0.262. The molecule has 1 rings (SSSR count). The largest absolute Gasteiger partial charge is 0.484 e. The van der Waals surface area contributed by atoms with E-state index in [1.807, 2.05) is 0 Å². The van der Waals surface area contributed by atoms with Crippen molar-refractivity contribution in [3.63, 3.8) is 0 Å². The number of hydrogen-bond acceptors (Lipinski definition) is 3. The van der Waals surface area contributed by atoms with Gasteiger partial charge in [-0.3, -0.25) is 4.79 Å². The van der Waals surface area contributed by atoms with Crippen molar-refractivity contribution < 1.29 is 27.8 Å². The van der Waals surface area contributed by atoms with Gasteiger partial charge in [-0.2, -0.15) is 13.2 Å². The molecule has 118 valence electrons. The Bertz CT molecular complexity index is 477. The summed E-state index contributed by atoms with van der Waals surface area (Å²) in [6.45, 7) is -0.724. The molecule has 0 saturated carbocycles. The molecule has 0 fully saturated rings. The summed E-state index contributed by atoms with van der Waals surface area (Å²) in [7, 11) is 0. The standard InChI is InChI=1S/C12H12Cl2F3NO3/c13-7-3-8(14)5-9(4-7)21-6-11(20)18-2-1-10(19)12(15,16)17/h3-5,10,19H,1-2,6H2,(H,18,20)/t10-/m0/s1.